The van der Waals surface area contributed by atoms with Gasteiger partial charge in [0.2, 0.25) is 0 Å². The maximum atomic E-state index is 11.6. The van der Waals surface area contributed by atoms with E-state index >= 15 is 0 Å². The SMILES string of the molecule is CC(C)n1c(Sc2ccc(Br)cc2N)n[nH]c1=O. The summed E-state index contributed by atoms with van der Waals surface area (Å²) in [6, 6.07) is 5.68. The standard InChI is InChI=1S/C11H13BrN4OS/c1-6(2)16-10(17)14-15-11(16)18-9-4-3-7(12)5-8(9)13/h3-6H,13H2,1-2H3,(H,14,17). The lowest BCUT2D eigenvalue weighted by molar-refractivity contribution is 0.534. The van der Waals surface area contributed by atoms with Gasteiger partial charge in [-0.3, -0.25) is 4.57 Å². The first-order valence-electron chi connectivity index (χ1n) is 5.39. The molecule has 2 aromatic rings. The number of halogens is 1. The minimum atomic E-state index is -0.205. The molecule has 1 aromatic heterocycles. The van der Waals surface area contributed by atoms with Crippen LogP contribution in [-0.2, 0) is 0 Å². The lowest BCUT2D eigenvalue weighted by Crippen LogP contribution is -2.19. The highest BCUT2D eigenvalue weighted by atomic mass is 79.9. The zero-order chi connectivity index (χ0) is 13.3. The summed E-state index contributed by atoms with van der Waals surface area (Å²) in [5, 5.41) is 7.09. The third-order valence-corrected chi connectivity index (χ3v) is 3.92. The molecule has 1 heterocycles. The molecule has 0 unspecified atom stereocenters. The van der Waals surface area contributed by atoms with Gasteiger partial charge in [0.15, 0.2) is 5.16 Å². The van der Waals surface area contributed by atoms with Crippen molar-refractivity contribution in [3.63, 3.8) is 0 Å². The number of nitrogens with one attached hydrogen (secondary N) is 1. The minimum absolute atomic E-state index is 0.0513. The van der Waals surface area contributed by atoms with Crippen molar-refractivity contribution >= 4 is 33.4 Å². The molecular weight excluding hydrogens is 316 g/mol. The Morgan fingerprint density at radius 3 is 2.83 bits per heavy atom. The van der Waals surface area contributed by atoms with Crippen molar-refractivity contribution in [2.75, 3.05) is 5.73 Å². The largest absolute Gasteiger partial charge is 0.398 e. The number of benzene rings is 1. The smallest absolute Gasteiger partial charge is 0.344 e. The number of nitrogen functional groups attached to an aromatic ring is 1. The van der Waals surface area contributed by atoms with Crippen molar-refractivity contribution in [3.05, 3.63) is 33.2 Å². The van der Waals surface area contributed by atoms with E-state index in [1.54, 1.807) is 4.57 Å². The molecule has 5 nitrogen and oxygen atoms in total. The van der Waals surface area contributed by atoms with Crippen LogP contribution in [0.15, 0.2) is 37.5 Å². The maximum absolute atomic E-state index is 11.6. The van der Waals surface area contributed by atoms with E-state index in [0.717, 1.165) is 9.37 Å². The van der Waals surface area contributed by atoms with Crippen LogP contribution in [0, 0.1) is 0 Å². The summed E-state index contributed by atoms with van der Waals surface area (Å²) in [6.07, 6.45) is 0. The van der Waals surface area contributed by atoms with Gasteiger partial charge in [-0.05, 0) is 43.8 Å². The lowest BCUT2D eigenvalue weighted by atomic mass is 10.3. The zero-order valence-electron chi connectivity index (χ0n) is 9.98. The molecule has 0 radical (unpaired) electrons. The van der Waals surface area contributed by atoms with E-state index in [4.69, 9.17) is 5.73 Å². The van der Waals surface area contributed by atoms with Crippen LogP contribution in [-0.4, -0.2) is 14.8 Å². The lowest BCUT2D eigenvalue weighted by Gasteiger charge is -2.09. The molecule has 7 heteroatoms. The van der Waals surface area contributed by atoms with Crippen molar-refractivity contribution in [2.45, 2.75) is 29.9 Å². The summed E-state index contributed by atoms with van der Waals surface area (Å²) in [6.45, 7) is 3.87. The van der Waals surface area contributed by atoms with Crippen LogP contribution in [0.25, 0.3) is 0 Å². The second-order valence-electron chi connectivity index (χ2n) is 4.06. The quantitative estimate of drug-likeness (QED) is 0.849. The van der Waals surface area contributed by atoms with E-state index in [0.29, 0.717) is 10.8 Å². The van der Waals surface area contributed by atoms with E-state index < -0.39 is 0 Å². The Labute approximate surface area is 117 Å². The monoisotopic (exact) mass is 328 g/mol. The van der Waals surface area contributed by atoms with Gasteiger partial charge in [-0.25, -0.2) is 9.89 Å². The molecule has 0 aliphatic heterocycles. The molecule has 0 bridgehead atoms. The molecular formula is C11H13BrN4OS. The van der Waals surface area contributed by atoms with Gasteiger partial charge in [0.25, 0.3) is 0 Å². The Balaban J connectivity index is 2.37. The highest BCUT2D eigenvalue weighted by Gasteiger charge is 2.13. The molecule has 0 aliphatic rings. The normalized spacial score (nSPS) is 11.1. The number of aromatic amines is 1. The van der Waals surface area contributed by atoms with Gasteiger partial charge in [-0.2, -0.15) is 0 Å². The molecule has 18 heavy (non-hydrogen) atoms. The van der Waals surface area contributed by atoms with Crippen LogP contribution in [0.3, 0.4) is 0 Å². The Kier molecular flexibility index (Phi) is 3.82. The second-order valence-corrected chi connectivity index (χ2v) is 5.98. The van der Waals surface area contributed by atoms with Gasteiger partial charge in [-0.1, -0.05) is 15.9 Å². The van der Waals surface area contributed by atoms with Crippen LogP contribution in [0.1, 0.15) is 19.9 Å². The number of aromatic nitrogens is 3. The first kappa shape index (κ1) is 13.2. The van der Waals surface area contributed by atoms with Crippen LogP contribution in [0.2, 0.25) is 0 Å². The zero-order valence-corrected chi connectivity index (χ0v) is 12.4. The molecule has 0 atom stereocenters. The average Bonchev–Trinajstić information content (AvgIpc) is 2.64. The van der Waals surface area contributed by atoms with Gasteiger partial charge < -0.3 is 5.73 Å². The maximum Gasteiger partial charge on any atom is 0.344 e. The van der Waals surface area contributed by atoms with E-state index in [9.17, 15) is 4.79 Å². The third-order valence-electron chi connectivity index (χ3n) is 2.36. The van der Waals surface area contributed by atoms with Crippen molar-refractivity contribution < 1.29 is 0 Å². The molecule has 96 valence electrons. The average molecular weight is 329 g/mol. The molecule has 0 aliphatic carbocycles. The highest BCUT2D eigenvalue weighted by Crippen LogP contribution is 2.32. The van der Waals surface area contributed by atoms with Gasteiger partial charge >= 0.3 is 5.69 Å². The summed E-state index contributed by atoms with van der Waals surface area (Å²) in [5.74, 6) is 0. The van der Waals surface area contributed by atoms with Crippen molar-refractivity contribution in [1.29, 1.82) is 0 Å². The number of anilines is 1. The number of hydrogen-bond acceptors (Lipinski definition) is 4. The van der Waals surface area contributed by atoms with Crippen LogP contribution in [0.5, 0.6) is 0 Å². The molecule has 0 saturated carbocycles. The molecule has 2 rings (SSSR count). The second kappa shape index (κ2) is 5.19. The molecule has 3 N–H and O–H groups in total. The number of nitrogens with two attached hydrogens (primary N) is 1. The number of hydrogen-bond donors (Lipinski definition) is 2. The highest BCUT2D eigenvalue weighted by molar-refractivity contribution is 9.10. The first-order valence-corrected chi connectivity index (χ1v) is 6.99. The Bertz CT molecular complexity index is 620. The van der Waals surface area contributed by atoms with E-state index in [1.807, 2.05) is 32.0 Å². The number of nitrogens with zero attached hydrogens (tertiary/aromatic N) is 2. The minimum Gasteiger partial charge on any atom is -0.398 e. The molecule has 1 aromatic carbocycles. The van der Waals surface area contributed by atoms with Crippen molar-refractivity contribution in [2.24, 2.45) is 0 Å². The van der Waals surface area contributed by atoms with Crippen molar-refractivity contribution in [3.8, 4) is 0 Å². The van der Waals surface area contributed by atoms with Gasteiger partial charge in [0.1, 0.15) is 0 Å². The third kappa shape index (κ3) is 2.62. The Morgan fingerprint density at radius 1 is 1.50 bits per heavy atom. The molecule has 0 saturated heterocycles. The first-order chi connectivity index (χ1) is 8.49. The van der Waals surface area contributed by atoms with Crippen LogP contribution in [0.4, 0.5) is 5.69 Å². The van der Waals surface area contributed by atoms with Crippen molar-refractivity contribution in [1.82, 2.24) is 14.8 Å². The van der Waals surface area contributed by atoms with E-state index in [1.165, 1.54) is 11.8 Å². The summed E-state index contributed by atoms with van der Waals surface area (Å²) in [5.41, 5.74) is 6.37. The predicted octanol–water partition coefficient (Wildman–Crippen LogP) is 2.65. The fraction of sp³-hybridized carbons (Fsp3) is 0.273. The predicted molar refractivity (Wildman–Crippen MR) is 75.9 cm³/mol. The Hall–Kier alpha value is -1.21. The van der Waals surface area contributed by atoms with Gasteiger partial charge in [0.05, 0.1) is 0 Å². The fourth-order valence-electron chi connectivity index (χ4n) is 1.53. The molecule has 0 spiro atoms. The van der Waals surface area contributed by atoms with E-state index in [-0.39, 0.29) is 11.7 Å². The molecule has 0 amide bonds. The summed E-state index contributed by atoms with van der Waals surface area (Å²) < 4.78 is 2.53. The topological polar surface area (TPSA) is 76.7 Å². The molecule has 0 fully saturated rings. The summed E-state index contributed by atoms with van der Waals surface area (Å²) in [4.78, 5) is 12.5. The van der Waals surface area contributed by atoms with Crippen LogP contribution < -0.4 is 11.4 Å². The Morgan fingerprint density at radius 2 is 2.22 bits per heavy atom. The summed E-state index contributed by atoms with van der Waals surface area (Å²) >= 11 is 4.73. The van der Waals surface area contributed by atoms with Gasteiger partial charge in [0, 0.05) is 21.1 Å². The summed E-state index contributed by atoms with van der Waals surface area (Å²) in [7, 11) is 0. The van der Waals surface area contributed by atoms with Crippen LogP contribution >= 0.6 is 27.7 Å². The number of H-pyrrole nitrogens is 1. The fourth-order valence-corrected chi connectivity index (χ4v) is 2.90. The van der Waals surface area contributed by atoms with Gasteiger partial charge in [-0.15, -0.1) is 5.10 Å². The number of rotatable bonds is 3. The van der Waals surface area contributed by atoms with E-state index in [2.05, 4.69) is 26.1 Å².